The van der Waals surface area contributed by atoms with E-state index in [4.69, 9.17) is 33.2 Å². The van der Waals surface area contributed by atoms with Gasteiger partial charge in [-0.25, -0.2) is 0 Å². The Labute approximate surface area is 317 Å². The lowest BCUT2D eigenvalue weighted by molar-refractivity contribution is -0.240. The quantitative estimate of drug-likeness (QED) is 0.0354. The lowest BCUT2D eigenvalue weighted by atomic mass is 10.1. The monoisotopic (exact) mass is 727 g/mol. The number of hydrogen-bond donors (Lipinski definition) is 0. The van der Waals surface area contributed by atoms with Gasteiger partial charge in [-0.15, -0.1) is 0 Å². The van der Waals surface area contributed by atoms with E-state index in [1.165, 1.54) is 103 Å². The first-order chi connectivity index (χ1) is 25.1. The van der Waals surface area contributed by atoms with E-state index < -0.39 is 12.6 Å². The van der Waals surface area contributed by atoms with Gasteiger partial charge in [0.2, 0.25) is 12.6 Å². The highest BCUT2D eigenvalue weighted by Crippen LogP contribution is 2.28. The van der Waals surface area contributed by atoms with E-state index in [2.05, 4.69) is 27.7 Å². The number of rotatable bonds is 40. The SMILES string of the molecule is CCCCCCCCCCCCC(OC)=C(OC)C(OCCCCC)OC(OCCCCC)C(OC)=C(CCCCCCCCCCCC)OC. The molecule has 0 spiro atoms. The van der Waals surface area contributed by atoms with Crippen LogP contribution in [0.3, 0.4) is 0 Å². The minimum Gasteiger partial charge on any atom is -0.497 e. The van der Waals surface area contributed by atoms with Crippen LogP contribution in [0.5, 0.6) is 0 Å². The van der Waals surface area contributed by atoms with Crippen molar-refractivity contribution in [3.8, 4) is 0 Å². The second-order valence-electron chi connectivity index (χ2n) is 14.2. The highest BCUT2D eigenvalue weighted by atomic mass is 16.8. The number of ether oxygens (including phenoxy) is 7. The highest BCUT2D eigenvalue weighted by molar-refractivity contribution is 5.08. The molecule has 2 atom stereocenters. The molecule has 0 aliphatic carbocycles. The fourth-order valence-corrected chi connectivity index (χ4v) is 6.43. The first kappa shape index (κ1) is 49.6. The van der Waals surface area contributed by atoms with Gasteiger partial charge in [-0.1, -0.05) is 169 Å². The molecule has 7 heteroatoms. The van der Waals surface area contributed by atoms with Gasteiger partial charge in [0.05, 0.1) is 41.7 Å². The molecule has 0 fully saturated rings. The smallest absolute Gasteiger partial charge is 0.223 e. The van der Waals surface area contributed by atoms with E-state index in [1.54, 1.807) is 28.4 Å². The molecule has 304 valence electrons. The molecule has 0 aromatic heterocycles. The minimum absolute atomic E-state index is 0.547. The van der Waals surface area contributed by atoms with Crippen molar-refractivity contribution in [1.82, 2.24) is 0 Å². The Morgan fingerprint density at radius 1 is 0.333 bits per heavy atom. The Balaban J connectivity index is 5.76. The van der Waals surface area contributed by atoms with Crippen LogP contribution in [-0.4, -0.2) is 54.2 Å². The predicted molar refractivity (Wildman–Crippen MR) is 215 cm³/mol. The fraction of sp³-hybridized carbons (Fsp3) is 0.909. The summed E-state index contributed by atoms with van der Waals surface area (Å²) in [4.78, 5) is 0. The molecule has 0 bridgehead atoms. The van der Waals surface area contributed by atoms with Gasteiger partial charge in [0, 0.05) is 12.8 Å². The van der Waals surface area contributed by atoms with Crippen LogP contribution in [0.15, 0.2) is 23.0 Å². The van der Waals surface area contributed by atoms with Gasteiger partial charge in [-0.2, -0.15) is 0 Å². The summed E-state index contributed by atoms with van der Waals surface area (Å²) in [6.07, 6.45) is 31.9. The van der Waals surface area contributed by atoms with Gasteiger partial charge < -0.3 is 33.2 Å². The summed E-state index contributed by atoms with van der Waals surface area (Å²) < 4.78 is 43.5. The zero-order chi connectivity index (χ0) is 37.6. The van der Waals surface area contributed by atoms with Gasteiger partial charge in [0.1, 0.15) is 11.5 Å². The summed E-state index contributed by atoms with van der Waals surface area (Å²) >= 11 is 0. The van der Waals surface area contributed by atoms with Crippen molar-refractivity contribution >= 4 is 0 Å². The molecule has 2 unspecified atom stereocenters. The lowest BCUT2D eigenvalue weighted by Crippen LogP contribution is -2.33. The van der Waals surface area contributed by atoms with Crippen LogP contribution >= 0.6 is 0 Å². The molecule has 0 N–H and O–H groups in total. The van der Waals surface area contributed by atoms with Crippen molar-refractivity contribution in [1.29, 1.82) is 0 Å². The largest absolute Gasteiger partial charge is 0.497 e. The Kier molecular flexibility index (Phi) is 37.2. The van der Waals surface area contributed by atoms with Crippen LogP contribution in [-0.2, 0) is 33.2 Å². The molecule has 7 nitrogen and oxygen atoms in total. The number of hydrogen-bond acceptors (Lipinski definition) is 7. The molecule has 51 heavy (non-hydrogen) atoms. The molecule has 0 amide bonds. The average molecular weight is 727 g/mol. The molecule has 0 radical (unpaired) electrons. The van der Waals surface area contributed by atoms with E-state index in [0.29, 0.717) is 24.7 Å². The summed E-state index contributed by atoms with van der Waals surface area (Å²) in [6.45, 7) is 10.0. The number of methoxy groups -OCH3 is 4. The summed E-state index contributed by atoms with van der Waals surface area (Å²) in [5.41, 5.74) is 0. The predicted octanol–water partition coefficient (Wildman–Crippen LogP) is 13.7. The first-order valence-corrected chi connectivity index (χ1v) is 21.6. The van der Waals surface area contributed by atoms with Crippen molar-refractivity contribution < 1.29 is 33.2 Å². The molecule has 0 saturated carbocycles. The van der Waals surface area contributed by atoms with E-state index in [-0.39, 0.29) is 0 Å². The summed E-state index contributed by atoms with van der Waals surface area (Å²) in [6, 6.07) is 0. The first-order valence-electron chi connectivity index (χ1n) is 21.6. The standard InChI is InChI=1S/C44H86O7/c1-9-13-17-19-21-23-25-27-29-31-35-39(45-5)41(47-7)43(49-37-33-15-11-3)51-44(50-38-34-16-12-4)42(48-8)40(46-6)36-32-30-28-26-24-22-20-18-14-10-2/h43-44H,9-38H2,1-8H3. The van der Waals surface area contributed by atoms with Gasteiger partial charge >= 0.3 is 0 Å². The Morgan fingerprint density at radius 3 is 0.882 bits per heavy atom. The summed E-state index contributed by atoms with van der Waals surface area (Å²) in [5, 5.41) is 0. The highest BCUT2D eigenvalue weighted by Gasteiger charge is 2.31. The van der Waals surface area contributed by atoms with Gasteiger partial charge in [-0.05, 0) is 25.7 Å². The van der Waals surface area contributed by atoms with E-state index in [9.17, 15) is 0 Å². The minimum atomic E-state index is -0.804. The maximum atomic E-state index is 6.71. The Morgan fingerprint density at radius 2 is 0.608 bits per heavy atom. The van der Waals surface area contributed by atoms with Crippen LogP contribution in [0.4, 0.5) is 0 Å². The molecule has 0 rings (SSSR count). The van der Waals surface area contributed by atoms with Gasteiger partial charge in [0.15, 0.2) is 11.5 Å². The van der Waals surface area contributed by atoms with Crippen LogP contribution in [0, 0.1) is 0 Å². The van der Waals surface area contributed by atoms with Crippen LogP contribution < -0.4 is 0 Å². The molecule has 0 aromatic carbocycles. The van der Waals surface area contributed by atoms with Crippen LogP contribution in [0.1, 0.15) is 207 Å². The molecule has 0 aromatic rings. The maximum absolute atomic E-state index is 6.71. The van der Waals surface area contributed by atoms with Crippen molar-refractivity contribution in [3.63, 3.8) is 0 Å². The third-order valence-electron chi connectivity index (χ3n) is 9.71. The lowest BCUT2D eigenvalue weighted by Gasteiger charge is -2.29. The van der Waals surface area contributed by atoms with E-state index in [0.717, 1.165) is 88.6 Å². The Bertz CT molecular complexity index is 732. The molecule has 0 aliphatic rings. The zero-order valence-electron chi connectivity index (χ0n) is 35.2. The van der Waals surface area contributed by atoms with Crippen LogP contribution in [0.25, 0.3) is 0 Å². The molecular weight excluding hydrogens is 640 g/mol. The maximum Gasteiger partial charge on any atom is 0.223 e. The van der Waals surface area contributed by atoms with Crippen molar-refractivity contribution in [2.24, 2.45) is 0 Å². The molecule has 0 saturated heterocycles. The van der Waals surface area contributed by atoms with Crippen molar-refractivity contribution in [2.75, 3.05) is 41.7 Å². The normalized spacial score (nSPS) is 13.8. The second-order valence-corrected chi connectivity index (χ2v) is 14.2. The zero-order valence-corrected chi connectivity index (χ0v) is 35.2. The van der Waals surface area contributed by atoms with Crippen molar-refractivity contribution in [2.45, 2.75) is 220 Å². The van der Waals surface area contributed by atoms with Crippen molar-refractivity contribution in [3.05, 3.63) is 23.0 Å². The Hall–Kier alpha value is -1.44. The topological polar surface area (TPSA) is 64.6 Å². The third-order valence-corrected chi connectivity index (χ3v) is 9.71. The number of allylic oxidation sites excluding steroid dienone is 2. The molecule has 0 heterocycles. The van der Waals surface area contributed by atoms with E-state index in [1.807, 2.05) is 0 Å². The summed E-state index contributed by atoms with van der Waals surface area (Å²) in [5.74, 6) is 2.66. The second kappa shape index (κ2) is 38.3. The average Bonchev–Trinajstić information content (AvgIpc) is 3.14. The summed E-state index contributed by atoms with van der Waals surface area (Å²) in [7, 11) is 6.78. The number of unbranched alkanes of at least 4 members (excludes halogenated alkanes) is 22. The van der Waals surface area contributed by atoms with Gasteiger partial charge in [0.25, 0.3) is 0 Å². The van der Waals surface area contributed by atoms with Crippen LogP contribution in [0.2, 0.25) is 0 Å². The van der Waals surface area contributed by atoms with E-state index >= 15 is 0 Å². The molecular formula is C44H86O7. The third kappa shape index (κ3) is 26.9. The fourth-order valence-electron chi connectivity index (χ4n) is 6.43. The van der Waals surface area contributed by atoms with Gasteiger partial charge in [-0.3, -0.25) is 0 Å². The molecule has 0 aliphatic heterocycles.